The molecule has 0 fully saturated rings. The summed E-state index contributed by atoms with van der Waals surface area (Å²) in [5.74, 6) is -0.443. The Labute approximate surface area is 130 Å². The molecule has 0 unspecified atom stereocenters. The molecule has 0 saturated carbocycles. The van der Waals surface area contributed by atoms with Gasteiger partial charge in [0, 0.05) is 16.0 Å². The van der Waals surface area contributed by atoms with E-state index < -0.39 is 5.97 Å². The summed E-state index contributed by atoms with van der Waals surface area (Å²) >= 11 is 13.3. The van der Waals surface area contributed by atoms with Gasteiger partial charge in [0.15, 0.2) is 0 Å². The Bertz CT molecular complexity index is 650. The minimum absolute atomic E-state index is 0.318. The Morgan fingerprint density at radius 3 is 2.85 bits per heavy atom. The summed E-state index contributed by atoms with van der Waals surface area (Å²) < 4.78 is 5.62. The van der Waals surface area contributed by atoms with Crippen LogP contribution in [0.5, 0.6) is 5.75 Å². The summed E-state index contributed by atoms with van der Waals surface area (Å²) in [6.07, 6.45) is 2.64. The lowest BCUT2D eigenvalue weighted by Gasteiger charge is -2.07. The second-order valence-corrected chi connectivity index (χ2v) is 5.68. The number of hydrogen-bond acceptors (Lipinski definition) is 3. The van der Waals surface area contributed by atoms with E-state index in [1.807, 2.05) is 11.4 Å². The maximum atomic E-state index is 10.5. The molecule has 0 radical (unpaired) electrons. The van der Waals surface area contributed by atoms with E-state index in [1.54, 1.807) is 24.3 Å². The first kappa shape index (κ1) is 14.9. The topological polar surface area (TPSA) is 46.5 Å². The van der Waals surface area contributed by atoms with Gasteiger partial charge in [-0.15, -0.1) is 11.3 Å². The molecule has 0 bridgehead atoms. The number of carboxylic acids is 1. The molecule has 0 aliphatic rings. The normalized spacial score (nSPS) is 10.9. The lowest BCUT2D eigenvalue weighted by molar-refractivity contribution is -0.131. The zero-order valence-corrected chi connectivity index (χ0v) is 12.5. The fraction of sp³-hybridized carbons (Fsp3) is 0.0714. The molecule has 0 spiro atoms. The van der Waals surface area contributed by atoms with E-state index in [9.17, 15) is 4.79 Å². The van der Waals surface area contributed by atoms with Crippen LogP contribution in [0.1, 0.15) is 10.4 Å². The quantitative estimate of drug-likeness (QED) is 0.807. The number of benzene rings is 1. The molecule has 0 aliphatic heterocycles. The van der Waals surface area contributed by atoms with Crippen molar-refractivity contribution in [1.29, 1.82) is 0 Å². The second-order valence-electron chi connectivity index (χ2n) is 3.83. The summed E-state index contributed by atoms with van der Waals surface area (Å²) in [5, 5.41) is 11.5. The second kappa shape index (κ2) is 6.79. The summed E-state index contributed by atoms with van der Waals surface area (Å²) in [5.41, 5.74) is 0.822. The van der Waals surface area contributed by atoms with Crippen molar-refractivity contribution < 1.29 is 14.6 Å². The average Bonchev–Trinajstić information content (AvgIpc) is 2.83. The highest BCUT2D eigenvalue weighted by Crippen LogP contribution is 2.29. The molecule has 3 nitrogen and oxygen atoms in total. The predicted octanol–water partition coefficient (Wildman–Crippen LogP) is 4.73. The molecule has 0 amide bonds. The maximum absolute atomic E-state index is 10.5. The van der Waals surface area contributed by atoms with Gasteiger partial charge in [-0.25, -0.2) is 4.79 Å². The summed E-state index contributed by atoms with van der Waals surface area (Å²) in [6, 6.07) is 6.85. The van der Waals surface area contributed by atoms with Crippen LogP contribution in [0.3, 0.4) is 0 Å². The smallest absolute Gasteiger partial charge is 0.328 e. The Balaban J connectivity index is 2.08. The fourth-order valence-electron chi connectivity index (χ4n) is 1.51. The Morgan fingerprint density at radius 1 is 1.35 bits per heavy atom. The number of ether oxygens (including phenoxy) is 1. The van der Waals surface area contributed by atoms with Gasteiger partial charge in [-0.3, -0.25) is 0 Å². The van der Waals surface area contributed by atoms with E-state index in [0.717, 1.165) is 16.5 Å². The largest absolute Gasteiger partial charge is 0.486 e. The lowest BCUT2D eigenvalue weighted by atomic mass is 10.2. The molecule has 20 heavy (non-hydrogen) atoms. The van der Waals surface area contributed by atoms with Crippen LogP contribution in [0.4, 0.5) is 0 Å². The molecule has 1 aromatic carbocycles. The number of carboxylic acid groups (broad SMARTS) is 1. The van der Waals surface area contributed by atoms with Crippen LogP contribution >= 0.6 is 34.5 Å². The molecule has 2 rings (SSSR count). The molecule has 0 atom stereocenters. The third kappa shape index (κ3) is 4.00. The number of halogens is 2. The number of hydrogen-bond donors (Lipinski definition) is 1. The van der Waals surface area contributed by atoms with Crippen molar-refractivity contribution in [2.45, 2.75) is 6.61 Å². The highest BCUT2D eigenvalue weighted by atomic mass is 35.5. The van der Waals surface area contributed by atoms with Gasteiger partial charge in [0.1, 0.15) is 12.4 Å². The SMILES string of the molecule is O=C(O)C=Cc1ccsc1COc1ccc(Cl)cc1Cl. The summed E-state index contributed by atoms with van der Waals surface area (Å²) in [6.45, 7) is 0.318. The molecule has 1 heterocycles. The van der Waals surface area contributed by atoms with Crippen molar-refractivity contribution in [1.82, 2.24) is 0 Å². The number of rotatable bonds is 5. The van der Waals surface area contributed by atoms with Crippen LogP contribution in [0.25, 0.3) is 6.08 Å². The first-order chi connectivity index (χ1) is 9.56. The third-order valence-corrected chi connectivity index (χ3v) is 3.88. The molecular weight excluding hydrogens is 319 g/mol. The van der Waals surface area contributed by atoms with Crippen LogP contribution in [-0.4, -0.2) is 11.1 Å². The van der Waals surface area contributed by atoms with Crippen molar-refractivity contribution in [2.75, 3.05) is 0 Å². The molecule has 2 aromatic rings. The van der Waals surface area contributed by atoms with Gasteiger partial charge in [-0.1, -0.05) is 23.2 Å². The zero-order valence-electron chi connectivity index (χ0n) is 10.2. The van der Waals surface area contributed by atoms with Crippen LogP contribution in [-0.2, 0) is 11.4 Å². The highest BCUT2D eigenvalue weighted by Gasteiger charge is 2.06. The Hall–Kier alpha value is -1.49. The van der Waals surface area contributed by atoms with Crippen LogP contribution in [0, 0.1) is 0 Å². The van der Waals surface area contributed by atoms with E-state index >= 15 is 0 Å². The zero-order chi connectivity index (χ0) is 14.5. The van der Waals surface area contributed by atoms with Gasteiger partial charge in [0.25, 0.3) is 0 Å². The van der Waals surface area contributed by atoms with Crippen molar-refractivity contribution in [2.24, 2.45) is 0 Å². The number of carbonyl (C=O) groups is 1. The van der Waals surface area contributed by atoms with Gasteiger partial charge < -0.3 is 9.84 Å². The van der Waals surface area contributed by atoms with E-state index in [-0.39, 0.29) is 0 Å². The minimum atomic E-state index is -0.983. The Kier molecular flexibility index (Phi) is 5.06. The predicted molar refractivity (Wildman–Crippen MR) is 81.8 cm³/mol. The molecule has 6 heteroatoms. The lowest BCUT2D eigenvalue weighted by Crippen LogP contribution is -1.95. The van der Waals surface area contributed by atoms with Gasteiger partial charge in [0.05, 0.1) is 5.02 Å². The maximum Gasteiger partial charge on any atom is 0.328 e. The van der Waals surface area contributed by atoms with Crippen LogP contribution < -0.4 is 4.74 Å². The highest BCUT2D eigenvalue weighted by molar-refractivity contribution is 7.10. The van der Waals surface area contributed by atoms with Crippen molar-refractivity contribution in [3.63, 3.8) is 0 Å². The first-order valence-electron chi connectivity index (χ1n) is 5.61. The summed E-state index contributed by atoms with van der Waals surface area (Å²) in [4.78, 5) is 11.4. The van der Waals surface area contributed by atoms with Crippen LogP contribution in [0.2, 0.25) is 10.0 Å². The van der Waals surface area contributed by atoms with Gasteiger partial charge >= 0.3 is 5.97 Å². The molecule has 0 aliphatic carbocycles. The van der Waals surface area contributed by atoms with E-state index in [1.165, 1.54) is 11.3 Å². The van der Waals surface area contributed by atoms with E-state index in [2.05, 4.69) is 0 Å². The molecule has 104 valence electrons. The van der Waals surface area contributed by atoms with E-state index in [0.29, 0.717) is 22.4 Å². The van der Waals surface area contributed by atoms with Crippen molar-refractivity contribution in [3.8, 4) is 5.75 Å². The number of aliphatic carboxylic acids is 1. The standard InChI is InChI=1S/C14H10Cl2O3S/c15-10-2-3-12(11(16)7-10)19-8-13-9(5-6-20-13)1-4-14(17)18/h1-7H,8H2,(H,17,18). The molecule has 0 saturated heterocycles. The molecule has 1 N–H and O–H groups in total. The minimum Gasteiger partial charge on any atom is -0.486 e. The van der Waals surface area contributed by atoms with E-state index in [4.69, 9.17) is 33.0 Å². The van der Waals surface area contributed by atoms with Gasteiger partial charge in [0.2, 0.25) is 0 Å². The third-order valence-electron chi connectivity index (χ3n) is 2.44. The fourth-order valence-corrected chi connectivity index (χ4v) is 2.75. The summed E-state index contributed by atoms with van der Waals surface area (Å²) in [7, 11) is 0. The first-order valence-corrected chi connectivity index (χ1v) is 7.25. The molecular formula is C14H10Cl2O3S. The van der Waals surface area contributed by atoms with Gasteiger partial charge in [-0.05, 0) is 41.3 Å². The number of thiophene rings is 1. The van der Waals surface area contributed by atoms with Gasteiger partial charge in [-0.2, -0.15) is 0 Å². The van der Waals surface area contributed by atoms with Crippen molar-refractivity contribution in [3.05, 3.63) is 56.2 Å². The molecule has 1 aromatic heterocycles. The Morgan fingerprint density at radius 2 is 2.15 bits per heavy atom. The van der Waals surface area contributed by atoms with Crippen molar-refractivity contribution >= 4 is 46.6 Å². The monoisotopic (exact) mass is 328 g/mol. The average molecular weight is 329 g/mol. The van der Waals surface area contributed by atoms with Crippen LogP contribution in [0.15, 0.2) is 35.7 Å².